The Morgan fingerprint density at radius 3 is 2.64 bits per heavy atom. The van der Waals surface area contributed by atoms with Crippen molar-refractivity contribution in [2.24, 2.45) is 5.73 Å². The van der Waals surface area contributed by atoms with Gasteiger partial charge in [0.15, 0.2) is 11.5 Å². The maximum Gasteiger partial charge on any atom is 0.200 e. The van der Waals surface area contributed by atoms with Gasteiger partial charge < -0.3 is 20.7 Å². The first-order valence-corrected chi connectivity index (χ1v) is 4.08. The van der Waals surface area contributed by atoms with Gasteiger partial charge in [0.05, 0.1) is 7.11 Å². The molecule has 0 saturated carbocycles. The summed E-state index contributed by atoms with van der Waals surface area (Å²) in [7, 11) is 1.41. The number of phenols is 2. The summed E-state index contributed by atoms with van der Waals surface area (Å²) in [4.78, 5) is 0. The Labute approximate surface area is 82.2 Å². The fourth-order valence-corrected chi connectivity index (χ4v) is 1.07. The molecular weight excluding hydrogens is 182 g/mol. The number of benzene rings is 1. The molecule has 4 N–H and O–H groups in total. The molecule has 0 spiro atoms. The van der Waals surface area contributed by atoms with Gasteiger partial charge in [-0.1, -0.05) is 6.58 Å². The predicted octanol–water partition coefficient (Wildman–Crippen LogP) is 1.08. The van der Waals surface area contributed by atoms with E-state index in [0.29, 0.717) is 11.1 Å². The molecule has 1 rings (SSSR count). The molecule has 14 heavy (non-hydrogen) atoms. The van der Waals surface area contributed by atoms with Crippen molar-refractivity contribution >= 4 is 5.57 Å². The molecule has 0 radical (unpaired) electrons. The molecule has 0 unspecified atom stereocenters. The van der Waals surface area contributed by atoms with Crippen LogP contribution in [0.15, 0.2) is 18.7 Å². The number of ether oxygens (including phenoxy) is 1. The van der Waals surface area contributed by atoms with Gasteiger partial charge in [0, 0.05) is 6.54 Å². The van der Waals surface area contributed by atoms with Crippen LogP contribution in [0.5, 0.6) is 17.2 Å². The van der Waals surface area contributed by atoms with Crippen LogP contribution in [-0.4, -0.2) is 23.9 Å². The van der Waals surface area contributed by atoms with Crippen molar-refractivity contribution in [1.29, 1.82) is 0 Å². The molecule has 0 aromatic heterocycles. The molecule has 76 valence electrons. The summed E-state index contributed by atoms with van der Waals surface area (Å²) >= 11 is 0. The number of methoxy groups -OCH3 is 1. The van der Waals surface area contributed by atoms with Crippen LogP contribution < -0.4 is 10.5 Å². The van der Waals surface area contributed by atoms with Crippen molar-refractivity contribution in [3.8, 4) is 17.2 Å². The second kappa shape index (κ2) is 4.02. The Morgan fingerprint density at radius 2 is 2.14 bits per heavy atom. The Balaban J connectivity index is 3.22. The van der Waals surface area contributed by atoms with E-state index in [1.54, 1.807) is 6.07 Å². The van der Waals surface area contributed by atoms with Gasteiger partial charge in [-0.2, -0.15) is 0 Å². The second-order valence-corrected chi connectivity index (χ2v) is 2.85. The lowest BCUT2D eigenvalue weighted by molar-refractivity contribution is 0.351. The fraction of sp³-hybridized carbons (Fsp3) is 0.200. The van der Waals surface area contributed by atoms with E-state index in [9.17, 15) is 10.2 Å². The fourth-order valence-electron chi connectivity index (χ4n) is 1.07. The van der Waals surface area contributed by atoms with E-state index < -0.39 is 0 Å². The van der Waals surface area contributed by atoms with E-state index in [4.69, 9.17) is 10.5 Å². The Kier molecular flexibility index (Phi) is 2.99. The lowest BCUT2D eigenvalue weighted by atomic mass is 10.1. The van der Waals surface area contributed by atoms with Crippen molar-refractivity contribution in [2.75, 3.05) is 13.7 Å². The zero-order chi connectivity index (χ0) is 10.7. The van der Waals surface area contributed by atoms with E-state index in [2.05, 4.69) is 6.58 Å². The van der Waals surface area contributed by atoms with E-state index in [0.717, 1.165) is 0 Å². The third-order valence-electron chi connectivity index (χ3n) is 1.93. The smallest absolute Gasteiger partial charge is 0.200 e. The van der Waals surface area contributed by atoms with Crippen LogP contribution >= 0.6 is 0 Å². The van der Waals surface area contributed by atoms with E-state index in [-0.39, 0.29) is 23.8 Å². The zero-order valence-electron chi connectivity index (χ0n) is 7.95. The van der Waals surface area contributed by atoms with Crippen LogP contribution in [0.3, 0.4) is 0 Å². The summed E-state index contributed by atoms with van der Waals surface area (Å²) in [5, 5.41) is 18.7. The maximum absolute atomic E-state index is 9.34. The van der Waals surface area contributed by atoms with Gasteiger partial charge in [0.2, 0.25) is 5.75 Å². The number of nitrogens with two attached hydrogens (primary N) is 1. The molecule has 1 aromatic carbocycles. The summed E-state index contributed by atoms with van der Waals surface area (Å²) < 4.78 is 4.87. The van der Waals surface area contributed by atoms with E-state index in [1.165, 1.54) is 13.2 Å². The highest BCUT2D eigenvalue weighted by atomic mass is 16.5. The molecule has 0 bridgehead atoms. The summed E-state index contributed by atoms with van der Waals surface area (Å²) in [6.07, 6.45) is 0. The van der Waals surface area contributed by atoms with Crippen molar-refractivity contribution in [1.82, 2.24) is 0 Å². The highest BCUT2D eigenvalue weighted by molar-refractivity contribution is 5.69. The third-order valence-corrected chi connectivity index (χ3v) is 1.93. The molecule has 0 heterocycles. The first-order chi connectivity index (χ1) is 6.60. The van der Waals surface area contributed by atoms with Crippen molar-refractivity contribution in [2.45, 2.75) is 0 Å². The number of phenolic OH excluding ortho intramolecular Hbond substituents is 2. The number of rotatable bonds is 3. The molecule has 4 nitrogen and oxygen atoms in total. The van der Waals surface area contributed by atoms with Crippen LogP contribution in [0.1, 0.15) is 5.56 Å². The van der Waals surface area contributed by atoms with Crippen molar-refractivity contribution < 1.29 is 14.9 Å². The zero-order valence-corrected chi connectivity index (χ0v) is 7.95. The minimum absolute atomic E-state index is 0.203. The molecule has 0 atom stereocenters. The van der Waals surface area contributed by atoms with Crippen molar-refractivity contribution in [3.05, 3.63) is 24.3 Å². The molecule has 0 fully saturated rings. The molecular formula is C10H13NO3. The average molecular weight is 195 g/mol. The second-order valence-electron chi connectivity index (χ2n) is 2.85. The first kappa shape index (κ1) is 10.4. The van der Waals surface area contributed by atoms with Crippen LogP contribution in [-0.2, 0) is 0 Å². The molecule has 0 aliphatic heterocycles. The molecule has 1 aromatic rings. The van der Waals surface area contributed by atoms with Gasteiger partial charge in [-0.25, -0.2) is 0 Å². The standard InChI is InChI=1S/C10H13NO3/c1-6(5-11)7-3-8(12)10(13)9(4-7)14-2/h3-4,12-13H,1,5,11H2,2H3. The Hall–Kier alpha value is -1.68. The summed E-state index contributed by atoms with van der Waals surface area (Å²) in [6.45, 7) is 4.00. The highest BCUT2D eigenvalue weighted by Gasteiger charge is 2.10. The van der Waals surface area contributed by atoms with E-state index >= 15 is 0 Å². The van der Waals surface area contributed by atoms with Crippen LogP contribution in [0.4, 0.5) is 0 Å². The van der Waals surface area contributed by atoms with E-state index in [1.807, 2.05) is 0 Å². The summed E-state index contributed by atoms with van der Waals surface area (Å²) in [5.74, 6) is -0.315. The summed E-state index contributed by atoms with van der Waals surface area (Å²) in [5.41, 5.74) is 6.72. The van der Waals surface area contributed by atoms with Gasteiger partial charge in [0.1, 0.15) is 0 Å². The Bertz CT molecular complexity index is 361. The van der Waals surface area contributed by atoms with Gasteiger partial charge >= 0.3 is 0 Å². The van der Waals surface area contributed by atoms with Crippen LogP contribution in [0.25, 0.3) is 5.57 Å². The normalized spacial score (nSPS) is 9.86. The lowest BCUT2D eigenvalue weighted by Crippen LogP contribution is -2.01. The third kappa shape index (κ3) is 1.80. The summed E-state index contributed by atoms with van der Waals surface area (Å²) in [6, 6.07) is 2.97. The SMILES string of the molecule is C=C(CN)c1cc(O)c(O)c(OC)c1. The van der Waals surface area contributed by atoms with Crippen LogP contribution in [0, 0.1) is 0 Å². The molecule has 0 aliphatic carbocycles. The largest absolute Gasteiger partial charge is 0.504 e. The van der Waals surface area contributed by atoms with Gasteiger partial charge in [-0.15, -0.1) is 0 Å². The quantitative estimate of drug-likeness (QED) is 0.631. The average Bonchev–Trinajstić information content (AvgIpc) is 2.20. The topological polar surface area (TPSA) is 75.7 Å². The highest BCUT2D eigenvalue weighted by Crippen LogP contribution is 2.37. The molecule has 0 saturated heterocycles. The van der Waals surface area contributed by atoms with Gasteiger partial charge in [-0.05, 0) is 23.3 Å². The molecule has 0 aliphatic rings. The maximum atomic E-state index is 9.34. The minimum Gasteiger partial charge on any atom is -0.504 e. The molecule has 4 heteroatoms. The number of hydrogen-bond donors (Lipinski definition) is 3. The van der Waals surface area contributed by atoms with Crippen LogP contribution in [0.2, 0.25) is 0 Å². The van der Waals surface area contributed by atoms with Gasteiger partial charge in [0.25, 0.3) is 0 Å². The first-order valence-electron chi connectivity index (χ1n) is 4.08. The minimum atomic E-state index is -0.277. The Morgan fingerprint density at radius 1 is 1.50 bits per heavy atom. The predicted molar refractivity (Wildman–Crippen MR) is 54.4 cm³/mol. The molecule has 0 amide bonds. The lowest BCUT2D eigenvalue weighted by Gasteiger charge is -2.09. The number of hydrogen-bond acceptors (Lipinski definition) is 4. The number of aromatic hydroxyl groups is 2. The monoisotopic (exact) mass is 195 g/mol. The van der Waals surface area contributed by atoms with Gasteiger partial charge in [-0.3, -0.25) is 0 Å². The van der Waals surface area contributed by atoms with Crippen molar-refractivity contribution in [3.63, 3.8) is 0 Å².